The third-order valence-corrected chi connectivity index (χ3v) is 5.39. The molecule has 0 radical (unpaired) electrons. The van der Waals surface area contributed by atoms with Crippen LogP contribution in [0, 0.1) is 6.92 Å². The fourth-order valence-corrected chi connectivity index (χ4v) is 4.18. The van der Waals surface area contributed by atoms with Crippen molar-refractivity contribution in [2.45, 2.75) is 38.3 Å². The van der Waals surface area contributed by atoms with Crippen LogP contribution in [0.15, 0.2) is 30.9 Å². The lowest BCUT2D eigenvalue weighted by molar-refractivity contribution is 0.178. The first kappa shape index (κ1) is 16.2. The maximum absolute atomic E-state index is 9.96. The molecule has 2 atom stereocenters. The third kappa shape index (κ3) is 2.48. The second-order valence-electron chi connectivity index (χ2n) is 7.01. The molecule has 1 saturated carbocycles. The van der Waals surface area contributed by atoms with Gasteiger partial charge in [0.15, 0.2) is 5.65 Å². The van der Waals surface area contributed by atoms with Gasteiger partial charge in [0.1, 0.15) is 17.7 Å². The van der Waals surface area contributed by atoms with Gasteiger partial charge < -0.3 is 14.4 Å². The summed E-state index contributed by atoms with van der Waals surface area (Å²) in [5.41, 5.74) is 4.43. The summed E-state index contributed by atoms with van der Waals surface area (Å²) in [6.45, 7) is 2.00. The van der Waals surface area contributed by atoms with E-state index in [4.69, 9.17) is 4.74 Å². The van der Waals surface area contributed by atoms with Gasteiger partial charge in [-0.25, -0.2) is 14.5 Å². The van der Waals surface area contributed by atoms with E-state index in [1.807, 2.05) is 25.4 Å². The molecule has 4 heterocycles. The first-order chi connectivity index (χ1) is 13.2. The van der Waals surface area contributed by atoms with Crippen molar-refractivity contribution in [2.24, 2.45) is 0 Å². The van der Waals surface area contributed by atoms with Crippen molar-refractivity contribution in [2.75, 3.05) is 7.11 Å². The third-order valence-electron chi connectivity index (χ3n) is 5.39. The Labute approximate surface area is 155 Å². The zero-order valence-electron chi connectivity index (χ0n) is 15.2. The van der Waals surface area contributed by atoms with Gasteiger partial charge in [0.05, 0.1) is 18.7 Å². The SMILES string of the molecule is COc1ncnn2ccc(-c3cnc4nc(C)n(C5CCC(O)C5)c4c3)c12. The van der Waals surface area contributed by atoms with Crippen molar-refractivity contribution in [3.8, 4) is 17.0 Å². The maximum atomic E-state index is 9.96. The lowest BCUT2D eigenvalue weighted by Crippen LogP contribution is -2.09. The zero-order valence-corrected chi connectivity index (χ0v) is 15.2. The molecule has 0 amide bonds. The summed E-state index contributed by atoms with van der Waals surface area (Å²) in [4.78, 5) is 13.4. The summed E-state index contributed by atoms with van der Waals surface area (Å²) in [6, 6.07) is 4.35. The molecule has 0 bridgehead atoms. The smallest absolute Gasteiger partial charge is 0.241 e. The second kappa shape index (κ2) is 6.02. The van der Waals surface area contributed by atoms with Crippen LogP contribution in [0.4, 0.5) is 0 Å². The van der Waals surface area contributed by atoms with Gasteiger partial charge in [-0.1, -0.05) is 0 Å². The van der Waals surface area contributed by atoms with Crippen molar-refractivity contribution < 1.29 is 9.84 Å². The number of methoxy groups -OCH3 is 1. The van der Waals surface area contributed by atoms with E-state index in [1.54, 1.807) is 11.6 Å². The first-order valence-electron chi connectivity index (χ1n) is 9.05. The minimum atomic E-state index is -0.236. The molecular formula is C19H20N6O2. The van der Waals surface area contributed by atoms with Crippen LogP contribution in [-0.4, -0.2) is 47.5 Å². The molecule has 2 unspecified atom stereocenters. The molecule has 1 aliphatic carbocycles. The fraction of sp³-hybridized carbons (Fsp3) is 0.368. The second-order valence-corrected chi connectivity index (χ2v) is 7.01. The van der Waals surface area contributed by atoms with Crippen molar-refractivity contribution in [3.05, 3.63) is 36.7 Å². The molecule has 0 aromatic carbocycles. The Bertz CT molecular complexity index is 1150. The Morgan fingerprint density at radius 3 is 2.93 bits per heavy atom. The number of pyridine rings is 1. The molecule has 138 valence electrons. The molecule has 1 N–H and O–H groups in total. The monoisotopic (exact) mass is 364 g/mol. The standard InChI is InChI=1S/C19H20N6O2/c1-11-23-18-16(25(11)13-3-4-14(26)8-13)7-12(9-20-18)15-5-6-24-17(15)19(27-2)21-10-22-24/h5-7,9-10,13-14,26H,3-4,8H2,1-2H3. The van der Waals surface area contributed by atoms with Crippen molar-refractivity contribution in [1.29, 1.82) is 0 Å². The number of hydrogen-bond acceptors (Lipinski definition) is 6. The molecule has 8 heteroatoms. The van der Waals surface area contributed by atoms with Crippen LogP contribution in [0.2, 0.25) is 0 Å². The highest BCUT2D eigenvalue weighted by molar-refractivity contribution is 5.87. The van der Waals surface area contributed by atoms with Crippen LogP contribution in [0.5, 0.6) is 5.88 Å². The van der Waals surface area contributed by atoms with E-state index < -0.39 is 0 Å². The molecule has 4 aromatic heterocycles. The molecule has 0 spiro atoms. The van der Waals surface area contributed by atoms with E-state index in [2.05, 4.69) is 30.7 Å². The normalized spacial score (nSPS) is 20.0. The highest BCUT2D eigenvalue weighted by Crippen LogP contribution is 2.36. The van der Waals surface area contributed by atoms with E-state index in [9.17, 15) is 5.11 Å². The van der Waals surface area contributed by atoms with Crippen LogP contribution in [0.1, 0.15) is 31.1 Å². The lowest BCUT2D eigenvalue weighted by Gasteiger charge is -2.15. The summed E-state index contributed by atoms with van der Waals surface area (Å²) in [7, 11) is 1.60. The van der Waals surface area contributed by atoms with Gasteiger partial charge in [0, 0.05) is 29.6 Å². The predicted octanol–water partition coefficient (Wildman–Crippen LogP) is 2.54. The molecule has 4 aromatic rings. The van der Waals surface area contributed by atoms with E-state index in [-0.39, 0.29) is 12.1 Å². The molecular weight excluding hydrogens is 344 g/mol. The minimum Gasteiger partial charge on any atom is -0.479 e. The number of aromatic nitrogens is 6. The van der Waals surface area contributed by atoms with Crippen molar-refractivity contribution >= 4 is 16.7 Å². The highest BCUT2D eigenvalue weighted by atomic mass is 16.5. The van der Waals surface area contributed by atoms with E-state index in [0.29, 0.717) is 5.88 Å². The number of imidazole rings is 1. The molecule has 0 saturated heterocycles. The van der Waals surface area contributed by atoms with E-state index in [0.717, 1.165) is 52.9 Å². The van der Waals surface area contributed by atoms with Crippen LogP contribution < -0.4 is 4.74 Å². The molecule has 1 aliphatic rings. The number of ether oxygens (including phenoxy) is 1. The Hall–Kier alpha value is -3.00. The fourth-order valence-electron chi connectivity index (χ4n) is 4.18. The predicted molar refractivity (Wildman–Crippen MR) is 99.7 cm³/mol. The van der Waals surface area contributed by atoms with Crippen LogP contribution >= 0.6 is 0 Å². The van der Waals surface area contributed by atoms with Crippen molar-refractivity contribution in [1.82, 2.24) is 29.1 Å². The molecule has 27 heavy (non-hydrogen) atoms. The average Bonchev–Trinajstić information content (AvgIpc) is 3.36. The number of aliphatic hydroxyl groups excluding tert-OH is 1. The number of fused-ring (bicyclic) bond motifs is 2. The maximum Gasteiger partial charge on any atom is 0.241 e. The molecule has 1 fully saturated rings. The zero-order chi connectivity index (χ0) is 18.5. The number of rotatable bonds is 3. The number of hydrogen-bond donors (Lipinski definition) is 1. The van der Waals surface area contributed by atoms with Gasteiger partial charge in [-0.3, -0.25) is 0 Å². The largest absolute Gasteiger partial charge is 0.479 e. The Morgan fingerprint density at radius 1 is 1.26 bits per heavy atom. The molecule has 0 aliphatic heterocycles. The van der Waals surface area contributed by atoms with Crippen LogP contribution in [0.3, 0.4) is 0 Å². The van der Waals surface area contributed by atoms with Gasteiger partial charge in [-0.15, -0.1) is 0 Å². The van der Waals surface area contributed by atoms with Gasteiger partial charge in [-0.2, -0.15) is 10.1 Å². The summed E-state index contributed by atoms with van der Waals surface area (Å²) >= 11 is 0. The Morgan fingerprint density at radius 2 is 2.15 bits per heavy atom. The highest BCUT2D eigenvalue weighted by Gasteiger charge is 2.27. The summed E-state index contributed by atoms with van der Waals surface area (Å²) in [5.74, 6) is 1.45. The molecule has 5 rings (SSSR count). The van der Waals surface area contributed by atoms with Crippen LogP contribution in [-0.2, 0) is 0 Å². The number of aliphatic hydroxyl groups is 1. The van der Waals surface area contributed by atoms with Gasteiger partial charge in [-0.05, 0) is 38.3 Å². The Balaban J connectivity index is 1.69. The number of nitrogens with zero attached hydrogens (tertiary/aromatic N) is 6. The Kier molecular flexibility index (Phi) is 3.61. The summed E-state index contributed by atoms with van der Waals surface area (Å²) in [6.07, 6.45) is 7.48. The quantitative estimate of drug-likeness (QED) is 0.601. The summed E-state index contributed by atoms with van der Waals surface area (Å²) in [5, 5.41) is 14.2. The number of aryl methyl sites for hydroxylation is 1. The van der Waals surface area contributed by atoms with Gasteiger partial charge in [0.2, 0.25) is 5.88 Å². The lowest BCUT2D eigenvalue weighted by atomic mass is 10.1. The van der Waals surface area contributed by atoms with E-state index >= 15 is 0 Å². The molecule has 8 nitrogen and oxygen atoms in total. The average molecular weight is 364 g/mol. The van der Waals surface area contributed by atoms with Gasteiger partial charge in [0.25, 0.3) is 0 Å². The first-order valence-corrected chi connectivity index (χ1v) is 9.05. The van der Waals surface area contributed by atoms with Gasteiger partial charge >= 0.3 is 0 Å². The van der Waals surface area contributed by atoms with Crippen molar-refractivity contribution in [3.63, 3.8) is 0 Å². The van der Waals surface area contributed by atoms with E-state index in [1.165, 1.54) is 6.33 Å². The topological polar surface area (TPSA) is 90.4 Å². The van der Waals surface area contributed by atoms with Crippen LogP contribution in [0.25, 0.3) is 27.8 Å². The minimum absolute atomic E-state index is 0.236. The summed E-state index contributed by atoms with van der Waals surface area (Å²) < 4.78 is 9.39.